The van der Waals surface area contributed by atoms with Gasteiger partial charge >= 0.3 is 18.0 Å². The van der Waals surface area contributed by atoms with Crippen molar-refractivity contribution in [3.8, 4) is 16.9 Å². The Morgan fingerprint density at radius 3 is 2.00 bits per heavy atom. The van der Waals surface area contributed by atoms with Gasteiger partial charge in [-0.2, -0.15) is 0 Å². The molecule has 0 bridgehead atoms. The number of hydrogen-bond donors (Lipinski definition) is 2. The number of benzene rings is 4. The van der Waals surface area contributed by atoms with Crippen molar-refractivity contribution in [3.63, 3.8) is 0 Å². The van der Waals surface area contributed by atoms with Crippen molar-refractivity contribution in [1.29, 1.82) is 0 Å². The van der Waals surface area contributed by atoms with E-state index in [2.05, 4.69) is 17.4 Å². The molecule has 0 unspecified atom stereocenters. The second-order valence-corrected chi connectivity index (χ2v) is 9.96. The zero-order valence-corrected chi connectivity index (χ0v) is 22.9. The van der Waals surface area contributed by atoms with Crippen molar-refractivity contribution in [3.05, 3.63) is 125 Å². The number of carbonyl (C=O) groups excluding carboxylic acids is 2. The predicted octanol–water partition coefficient (Wildman–Crippen LogP) is 5.73. The smallest absolute Gasteiger partial charge is 0.407 e. The number of nitrogens with one attached hydrogen (secondary N) is 1. The number of carboxylic acids is 1. The molecule has 0 saturated carbocycles. The summed E-state index contributed by atoms with van der Waals surface area (Å²) in [6, 6.07) is 31.4. The van der Waals surface area contributed by atoms with Crippen LogP contribution in [0.2, 0.25) is 0 Å². The van der Waals surface area contributed by atoms with Gasteiger partial charge in [0.2, 0.25) is 0 Å². The van der Waals surface area contributed by atoms with Gasteiger partial charge in [0.15, 0.2) is 0 Å². The lowest BCUT2D eigenvalue weighted by molar-refractivity contribution is -0.147. The van der Waals surface area contributed by atoms with Gasteiger partial charge in [0, 0.05) is 12.3 Å². The minimum atomic E-state index is -0.957. The maximum absolute atomic E-state index is 13.1. The first-order valence-electron chi connectivity index (χ1n) is 13.7. The molecular weight excluding hydrogens is 534 g/mol. The van der Waals surface area contributed by atoms with Gasteiger partial charge < -0.3 is 24.6 Å². The highest BCUT2D eigenvalue weighted by atomic mass is 16.6. The molecule has 4 aromatic rings. The highest BCUT2D eigenvalue weighted by molar-refractivity contribution is 5.82. The Kier molecular flexibility index (Phi) is 9.13. The molecule has 1 amide bonds. The number of fused-ring (bicyclic) bond motifs is 3. The van der Waals surface area contributed by atoms with Crippen molar-refractivity contribution in [1.82, 2.24) is 5.32 Å². The summed E-state index contributed by atoms with van der Waals surface area (Å²) in [7, 11) is 0. The molecule has 214 valence electrons. The van der Waals surface area contributed by atoms with Crippen molar-refractivity contribution < 1.29 is 33.7 Å². The summed E-state index contributed by atoms with van der Waals surface area (Å²) in [5.41, 5.74) is 6.05. The van der Waals surface area contributed by atoms with Crippen molar-refractivity contribution in [2.75, 3.05) is 13.2 Å². The van der Waals surface area contributed by atoms with Crippen LogP contribution in [0, 0.1) is 0 Å². The lowest BCUT2D eigenvalue weighted by Gasteiger charge is -2.19. The molecule has 42 heavy (non-hydrogen) atoms. The third-order valence-electron chi connectivity index (χ3n) is 7.09. The Morgan fingerprint density at radius 2 is 1.36 bits per heavy atom. The Balaban J connectivity index is 1.20. The molecule has 0 fully saturated rings. The quantitative estimate of drug-likeness (QED) is 0.211. The van der Waals surface area contributed by atoms with Gasteiger partial charge in [-0.25, -0.2) is 9.59 Å². The average Bonchev–Trinajstić information content (AvgIpc) is 3.33. The van der Waals surface area contributed by atoms with Crippen LogP contribution in [-0.2, 0) is 32.1 Å². The molecule has 0 heterocycles. The summed E-state index contributed by atoms with van der Waals surface area (Å²) in [5, 5.41) is 11.4. The van der Waals surface area contributed by atoms with Gasteiger partial charge in [-0.3, -0.25) is 4.79 Å². The van der Waals surface area contributed by atoms with E-state index in [1.807, 2.05) is 66.7 Å². The van der Waals surface area contributed by atoms with Crippen LogP contribution in [0.15, 0.2) is 103 Å². The SMILES string of the molecule is O=C(O)CCOc1ccc(COC(=O)[C@H](Cc2ccccc2)NC(=O)OCC2c3ccccc3-c3ccccc32)cc1. The van der Waals surface area contributed by atoms with Crippen LogP contribution in [0.4, 0.5) is 4.79 Å². The first-order chi connectivity index (χ1) is 20.5. The standard InChI is InChI=1S/C34H31NO7/c36-32(37)18-19-40-25-16-14-24(15-17-25)21-41-33(38)31(20-23-8-2-1-3-9-23)35-34(39)42-22-30-28-12-6-4-10-26(28)27-11-5-7-13-29(27)30/h1-17,30-31H,18-22H2,(H,35,39)(H,36,37)/t31-/m0/s1. The van der Waals surface area contributed by atoms with Crippen LogP contribution in [0.1, 0.15) is 34.6 Å². The Hall–Kier alpha value is -5.11. The molecule has 1 aliphatic carbocycles. The Morgan fingerprint density at radius 1 is 0.738 bits per heavy atom. The summed E-state index contributed by atoms with van der Waals surface area (Å²) in [6.45, 7) is 0.187. The molecule has 0 spiro atoms. The van der Waals surface area contributed by atoms with E-state index in [4.69, 9.17) is 19.3 Å². The van der Waals surface area contributed by atoms with Crippen LogP contribution in [0.3, 0.4) is 0 Å². The predicted molar refractivity (Wildman–Crippen MR) is 156 cm³/mol. The monoisotopic (exact) mass is 565 g/mol. The van der Waals surface area contributed by atoms with Crippen LogP contribution >= 0.6 is 0 Å². The minimum absolute atomic E-state index is 0.00804. The van der Waals surface area contributed by atoms with Crippen molar-refractivity contribution in [2.45, 2.75) is 31.4 Å². The Bertz CT molecular complexity index is 1490. The maximum atomic E-state index is 13.1. The first-order valence-corrected chi connectivity index (χ1v) is 13.7. The summed E-state index contributed by atoms with van der Waals surface area (Å²) in [6.07, 6.45) is -0.559. The van der Waals surface area contributed by atoms with Gasteiger partial charge in [0.1, 0.15) is 25.0 Å². The minimum Gasteiger partial charge on any atom is -0.493 e. The second kappa shape index (κ2) is 13.5. The van der Waals surface area contributed by atoms with Crippen molar-refractivity contribution >= 4 is 18.0 Å². The summed E-state index contributed by atoms with van der Waals surface area (Å²) in [4.78, 5) is 36.8. The summed E-state index contributed by atoms with van der Waals surface area (Å²) >= 11 is 0. The third-order valence-corrected chi connectivity index (χ3v) is 7.09. The lowest BCUT2D eigenvalue weighted by atomic mass is 9.98. The van der Waals surface area contributed by atoms with E-state index in [1.54, 1.807) is 24.3 Å². The van der Waals surface area contributed by atoms with Crippen molar-refractivity contribution in [2.24, 2.45) is 0 Å². The highest BCUT2D eigenvalue weighted by Crippen LogP contribution is 2.44. The van der Waals surface area contributed by atoms with Gasteiger partial charge in [-0.15, -0.1) is 0 Å². The molecule has 8 nitrogen and oxygen atoms in total. The van der Waals surface area contributed by atoms with Gasteiger partial charge in [-0.1, -0.05) is 91.0 Å². The molecule has 0 aliphatic heterocycles. The maximum Gasteiger partial charge on any atom is 0.407 e. The topological polar surface area (TPSA) is 111 Å². The molecule has 1 atom stereocenters. The zero-order valence-electron chi connectivity index (χ0n) is 22.9. The number of hydrogen-bond acceptors (Lipinski definition) is 6. The van der Waals surface area contributed by atoms with Crippen LogP contribution in [0.5, 0.6) is 5.75 Å². The summed E-state index contributed by atoms with van der Waals surface area (Å²) in [5.74, 6) is -1.10. The fourth-order valence-electron chi connectivity index (χ4n) is 5.02. The average molecular weight is 566 g/mol. The fourth-order valence-corrected chi connectivity index (χ4v) is 5.02. The largest absolute Gasteiger partial charge is 0.493 e. The third kappa shape index (κ3) is 7.14. The lowest BCUT2D eigenvalue weighted by Crippen LogP contribution is -2.43. The molecule has 0 aromatic heterocycles. The zero-order chi connectivity index (χ0) is 29.3. The van der Waals surface area contributed by atoms with E-state index < -0.39 is 24.1 Å². The molecule has 0 saturated heterocycles. The molecule has 4 aromatic carbocycles. The van der Waals surface area contributed by atoms with E-state index in [-0.39, 0.29) is 38.6 Å². The van der Waals surface area contributed by atoms with Crippen LogP contribution in [-0.4, -0.2) is 42.4 Å². The number of aliphatic carboxylic acids is 1. The fraction of sp³-hybridized carbons (Fsp3) is 0.206. The second-order valence-electron chi connectivity index (χ2n) is 9.96. The van der Waals surface area contributed by atoms with Crippen LogP contribution < -0.4 is 10.1 Å². The van der Waals surface area contributed by atoms with E-state index in [0.29, 0.717) is 11.3 Å². The van der Waals surface area contributed by atoms with Gasteiger partial charge in [0.25, 0.3) is 0 Å². The summed E-state index contributed by atoms with van der Waals surface area (Å²) < 4.78 is 16.6. The molecule has 5 rings (SSSR count). The molecule has 1 aliphatic rings. The normalized spacial score (nSPS) is 12.5. The molecular formula is C34H31NO7. The first kappa shape index (κ1) is 28.4. The number of carboxylic acid groups (broad SMARTS) is 1. The number of amides is 1. The van der Waals surface area contributed by atoms with E-state index in [9.17, 15) is 14.4 Å². The van der Waals surface area contributed by atoms with Gasteiger partial charge in [-0.05, 0) is 45.5 Å². The van der Waals surface area contributed by atoms with E-state index in [0.717, 1.165) is 27.8 Å². The Labute approximate surface area is 243 Å². The van der Waals surface area contributed by atoms with Crippen LogP contribution in [0.25, 0.3) is 11.1 Å². The van der Waals surface area contributed by atoms with E-state index >= 15 is 0 Å². The number of rotatable bonds is 12. The highest BCUT2D eigenvalue weighted by Gasteiger charge is 2.30. The number of alkyl carbamates (subject to hydrolysis) is 1. The molecule has 0 radical (unpaired) electrons. The number of ether oxygens (including phenoxy) is 3. The number of esters is 1. The number of carbonyl (C=O) groups is 3. The molecule has 8 heteroatoms. The van der Waals surface area contributed by atoms with E-state index in [1.165, 1.54) is 0 Å². The molecule has 2 N–H and O–H groups in total. The van der Waals surface area contributed by atoms with Gasteiger partial charge in [0.05, 0.1) is 13.0 Å².